The number of anilines is 3. The lowest BCUT2D eigenvalue weighted by atomic mass is 9.82. The van der Waals surface area contributed by atoms with E-state index in [0.29, 0.717) is 54.2 Å². The van der Waals surface area contributed by atoms with Gasteiger partial charge < -0.3 is 25.6 Å². The molecular weight excluding hydrogens is 749 g/mol. The molecule has 8 rings (SSSR count). The van der Waals surface area contributed by atoms with Crippen molar-refractivity contribution in [3.05, 3.63) is 59.9 Å². The molecule has 5 heterocycles. The Hall–Kier alpha value is -5.09. The molecule has 16 heteroatoms. The number of pyridine rings is 1. The number of hydrogen-bond donors (Lipinski definition) is 4. The van der Waals surface area contributed by atoms with Crippen LogP contribution in [-0.2, 0) is 23.9 Å². The van der Waals surface area contributed by atoms with Crippen LogP contribution in [0.4, 0.5) is 26.2 Å². The number of morpholine rings is 1. The van der Waals surface area contributed by atoms with Crippen molar-refractivity contribution >= 4 is 41.1 Å². The SMILES string of the molecule is O=C1CCC(Nc2ccc(C3CCN(C4CCC(C(=O)NC5CCC(Nc6ncc(F)c(-c7ccnc(N8CCOCC8=O)c7)n6)CC5)CC4)CC3)c(F)c2)C(=O)N1. The van der Waals surface area contributed by atoms with Gasteiger partial charge in [-0.25, -0.2) is 23.7 Å². The normalized spacial score (nSPS) is 26.2. The summed E-state index contributed by atoms with van der Waals surface area (Å²) in [4.78, 5) is 66.3. The topological polar surface area (TPSA) is 171 Å². The van der Waals surface area contributed by atoms with Crippen molar-refractivity contribution in [2.75, 3.05) is 48.4 Å². The highest BCUT2D eigenvalue weighted by molar-refractivity contribution is 6.01. The Labute approximate surface area is 336 Å². The second kappa shape index (κ2) is 17.8. The van der Waals surface area contributed by atoms with E-state index in [2.05, 4.69) is 41.1 Å². The standard InChI is InChI=1S/C42H51F2N9O5/c43-33-22-30(47-35-11-12-37(54)50-41(35)57)7-10-32(33)25-14-17-52(18-15-25)31-8-1-26(2-9-31)40(56)48-28-3-5-29(6-4-28)49-42-46-23-34(44)39(51-42)27-13-16-45-36(21-27)53-19-20-58-24-38(53)55/h7,10,13,16,21-23,25-26,28-29,31,35,47H,1-6,8-9,11-12,14-15,17-20,24H2,(H,48,56)(H,46,49,51)(H,50,54,57). The van der Waals surface area contributed by atoms with Crippen LogP contribution >= 0.6 is 0 Å². The number of benzene rings is 1. The molecule has 3 aromatic rings. The second-order valence-corrected chi connectivity index (χ2v) is 16.3. The molecule has 1 unspecified atom stereocenters. The Balaban J connectivity index is 0.754. The molecule has 4 N–H and O–H groups in total. The minimum absolute atomic E-state index is 0.00661. The van der Waals surface area contributed by atoms with Crippen LogP contribution in [0.15, 0.2) is 42.7 Å². The van der Waals surface area contributed by atoms with Crippen molar-refractivity contribution in [3.63, 3.8) is 0 Å². The van der Waals surface area contributed by atoms with Crippen LogP contribution in [0.2, 0.25) is 0 Å². The van der Waals surface area contributed by atoms with E-state index in [-0.39, 0.29) is 72.1 Å². The number of piperidine rings is 2. The highest BCUT2D eigenvalue weighted by Crippen LogP contribution is 2.36. The van der Waals surface area contributed by atoms with Gasteiger partial charge in [-0.3, -0.25) is 29.4 Å². The maximum absolute atomic E-state index is 15.3. The number of amides is 4. The molecule has 2 aliphatic carbocycles. The molecule has 14 nitrogen and oxygen atoms in total. The lowest BCUT2D eigenvalue weighted by molar-refractivity contribution is -0.133. The molecule has 308 valence electrons. The number of nitrogens with one attached hydrogen (secondary N) is 4. The first-order valence-electron chi connectivity index (χ1n) is 20.7. The van der Waals surface area contributed by atoms with E-state index < -0.39 is 11.9 Å². The number of aromatic nitrogens is 3. The highest BCUT2D eigenvalue weighted by atomic mass is 19.1. The molecule has 3 aliphatic heterocycles. The third-order valence-electron chi connectivity index (χ3n) is 12.6. The smallest absolute Gasteiger partial charge is 0.254 e. The summed E-state index contributed by atoms with van der Waals surface area (Å²) in [6.07, 6.45) is 12.0. The third kappa shape index (κ3) is 9.28. The van der Waals surface area contributed by atoms with E-state index in [1.165, 1.54) is 17.2 Å². The summed E-state index contributed by atoms with van der Waals surface area (Å²) >= 11 is 0. The minimum Gasteiger partial charge on any atom is -0.374 e. The van der Waals surface area contributed by atoms with Gasteiger partial charge in [0.15, 0.2) is 5.82 Å². The summed E-state index contributed by atoms with van der Waals surface area (Å²) in [5.74, 6) is -0.680. The van der Waals surface area contributed by atoms with Crippen molar-refractivity contribution in [2.24, 2.45) is 5.92 Å². The molecule has 4 amide bonds. The molecule has 2 aromatic heterocycles. The van der Waals surface area contributed by atoms with Crippen molar-refractivity contribution in [3.8, 4) is 11.3 Å². The zero-order valence-electron chi connectivity index (χ0n) is 32.6. The lowest BCUT2D eigenvalue weighted by Gasteiger charge is -2.41. The van der Waals surface area contributed by atoms with Gasteiger partial charge in [0, 0.05) is 47.9 Å². The number of ether oxygens (including phenoxy) is 1. The van der Waals surface area contributed by atoms with Crippen LogP contribution in [0.3, 0.4) is 0 Å². The average molecular weight is 800 g/mol. The number of rotatable bonds is 10. The van der Waals surface area contributed by atoms with Crippen LogP contribution in [0.5, 0.6) is 0 Å². The number of imide groups is 1. The van der Waals surface area contributed by atoms with Crippen molar-refractivity contribution in [1.82, 2.24) is 30.5 Å². The number of carbonyl (C=O) groups is 4. The van der Waals surface area contributed by atoms with Gasteiger partial charge in [-0.2, -0.15) is 0 Å². The maximum atomic E-state index is 15.3. The van der Waals surface area contributed by atoms with Crippen molar-refractivity contribution < 1.29 is 32.7 Å². The summed E-state index contributed by atoms with van der Waals surface area (Å²) in [5.41, 5.74) is 1.86. The first kappa shape index (κ1) is 39.7. The Kier molecular flexibility index (Phi) is 12.2. The quantitative estimate of drug-likeness (QED) is 0.210. The van der Waals surface area contributed by atoms with E-state index in [1.807, 2.05) is 12.1 Å². The predicted octanol–water partition coefficient (Wildman–Crippen LogP) is 4.67. The van der Waals surface area contributed by atoms with Gasteiger partial charge in [-0.1, -0.05) is 6.07 Å². The summed E-state index contributed by atoms with van der Waals surface area (Å²) in [6, 6.07) is 8.48. The maximum Gasteiger partial charge on any atom is 0.254 e. The Morgan fingerprint density at radius 2 is 1.60 bits per heavy atom. The molecule has 3 saturated heterocycles. The van der Waals surface area contributed by atoms with Gasteiger partial charge in [0.1, 0.15) is 30.0 Å². The fraction of sp³-hybridized carbons (Fsp3) is 0.548. The molecule has 0 bridgehead atoms. The van der Waals surface area contributed by atoms with E-state index in [0.717, 1.165) is 83.5 Å². The van der Waals surface area contributed by atoms with Gasteiger partial charge in [-0.15, -0.1) is 0 Å². The van der Waals surface area contributed by atoms with Crippen LogP contribution in [0.1, 0.15) is 88.5 Å². The van der Waals surface area contributed by atoms with E-state index in [9.17, 15) is 23.6 Å². The van der Waals surface area contributed by atoms with Gasteiger partial charge in [-0.05, 0) is 119 Å². The second-order valence-electron chi connectivity index (χ2n) is 16.3. The van der Waals surface area contributed by atoms with E-state index in [4.69, 9.17) is 4.74 Å². The summed E-state index contributed by atoms with van der Waals surface area (Å²) in [6.45, 7) is 2.55. The van der Waals surface area contributed by atoms with Crippen LogP contribution in [0, 0.1) is 17.6 Å². The molecule has 1 aromatic carbocycles. The molecule has 0 spiro atoms. The number of halogens is 2. The van der Waals surface area contributed by atoms with Crippen LogP contribution in [-0.4, -0.2) is 100 Å². The minimum atomic E-state index is -0.569. The van der Waals surface area contributed by atoms with Gasteiger partial charge >= 0.3 is 0 Å². The first-order chi connectivity index (χ1) is 28.2. The predicted molar refractivity (Wildman–Crippen MR) is 212 cm³/mol. The number of carbonyl (C=O) groups excluding carboxylic acids is 4. The molecule has 1 atom stereocenters. The summed E-state index contributed by atoms with van der Waals surface area (Å²) in [7, 11) is 0. The molecular formula is C42H51F2N9O5. The molecule has 0 radical (unpaired) electrons. The van der Waals surface area contributed by atoms with E-state index >= 15 is 4.39 Å². The summed E-state index contributed by atoms with van der Waals surface area (Å²) in [5, 5.41) is 12.1. The molecule has 5 fully saturated rings. The molecule has 58 heavy (non-hydrogen) atoms. The lowest BCUT2D eigenvalue weighted by Crippen LogP contribution is -2.47. The zero-order chi connectivity index (χ0) is 40.2. The summed E-state index contributed by atoms with van der Waals surface area (Å²) < 4.78 is 35.4. The monoisotopic (exact) mass is 799 g/mol. The van der Waals surface area contributed by atoms with Crippen molar-refractivity contribution in [2.45, 2.75) is 107 Å². The third-order valence-corrected chi connectivity index (χ3v) is 12.6. The Morgan fingerprint density at radius 1 is 0.828 bits per heavy atom. The highest BCUT2D eigenvalue weighted by Gasteiger charge is 2.34. The number of likely N-dealkylation sites (tertiary alicyclic amines) is 1. The first-order valence-corrected chi connectivity index (χ1v) is 20.7. The Bertz CT molecular complexity index is 2000. The average Bonchev–Trinajstić information content (AvgIpc) is 3.24. The molecule has 5 aliphatic rings. The number of hydrogen-bond acceptors (Lipinski definition) is 11. The molecule has 2 saturated carbocycles. The van der Waals surface area contributed by atoms with Crippen LogP contribution in [0.25, 0.3) is 11.3 Å². The fourth-order valence-electron chi connectivity index (χ4n) is 9.26. The van der Waals surface area contributed by atoms with Gasteiger partial charge in [0.05, 0.1) is 19.3 Å². The Morgan fingerprint density at radius 3 is 2.34 bits per heavy atom. The van der Waals surface area contributed by atoms with E-state index in [1.54, 1.807) is 12.1 Å². The fourth-order valence-corrected chi connectivity index (χ4v) is 9.26. The zero-order valence-corrected chi connectivity index (χ0v) is 32.6. The van der Waals surface area contributed by atoms with Crippen LogP contribution < -0.4 is 26.2 Å². The van der Waals surface area contributed by atoms with Gasteiger partial charge in [0.2, 0.25) is 23.7 Å². The van der Waals surface area contributed by atoms with Gasteiger partial charge in [0.25, 0.3) is 5.91 Å². The number of nitrogens with zero attached hydrogens (tertiary/aromatic N) is 5. The van der Waals surface area contributed by atoms with Crippen molar-refractivity contribution in [1.29, 1.82) is 0 Å². The largest absolute Gasteiger partial charge is 0.374 e.